The number of nitrogens with zero attached hydrogens (tertiary/aromatic N) is 1. The van der Waals surface area contributed by atoms with E-state index in [0.29, 0.717) is 22.7 Å². The Morgan fingerprint density at radius 1 is 1.20 bits per heavy atom. The van der Waals surface area contributed by atoms with Gasteiger partial charge in [0.05, 0.1) is 11.9 Å². The predicted molar refractivity (Wildman–Crippen MR) is 93.7 cm³/mol. The van der Waals surface area contributed by atoms with Gasteiger partial charge in [-0.25, -0.2) is 8.42 Å². The number of ether oxygens (including phenoxy) is 1. The average molecular weight is 358 g/mol. The number of anilines is 1. The molecule has 6 nitrogen and oxygen atoms in total. The first kappa shape index (κ1) is 16.1. The molecule has 0 aromatic heterocycles. The predicted octanol–water partition coefficient (Wildman–Crippen LogP) is 2.90. The molecule has 1 saturated heterocycles. The first-order valence-corrected chi connectivity index (χ1v) is 9.64. The highest BCUT2D eigenvalue weighted by Crippen LogP contribution is 2.38. The summed E-state index contributed by atoms with van der Waals surface area (Å²) in [5.41, 5.74) is 1.26. The SMILES string of the molecule is CC(=O)c1cccc(Oc2ccc3c(c2)S(=O)(=O)NC2CCCN32)c1. The summed E-state index contributed by atoms with van der Waals surface area (Å²) >= 11 is 0. The maximum Gasteiger partial charge on any atom is 0.244 e. The van der Waals surface area contributed by atoms with E-state index in [0.717, 1.165) is 19.4 Å². The molecule has 0 bridgehead atoms. The van der Waals surface area contributed by atoms with Gasteiger partial charge in [0.2, 0.25) is 10.0 Å². The monoisotopic (exact) mass is 358 g/mol. The first-order valence-electron chi connectivity index (χ1n) is 8.16. The number of benzene rings is 2. The molecule has 0 aliphatic carbocycles. The molecule has 0 amide bonds. The molecule has 4 rings (SSSR count). The smallest absolute Gasteiger partial charge is 0.244 e. The molecule has 2 heterocycles. The van der Waals surface area contributed by atoms with Crippen molar-refractivity contribution in [3.8, 4) is 11.5 Å². The second kappa shape index (κ2) is 5.86. The number of sulfonamides is 1. The number of nitrogens with one attached hydrogen (secondary N) is 1. The van der Waals surface area contributed by atoms with Crippen LogP contribution in [0.5, 0.6) is 11.5 Å². The van der Waals surface area contributed by atoms with Gasteiger partial charge >= 0.3 is 0 Å². The Labute approximate surface area is 146 Å². The van der Waals surface area contributed by atoms with Crippen molar-refractivity contribution in [3.63, 3.8) is 0 Å². The summed E-state index contributed by atoms with van der Waals surface area (Å²) in [5, 5.41) is 0. The van der Waals surface area contributed by atoms with E-state index in [-0.39, 0.29) is 16.8 Å². The number of rotatable bonds is 3. The number of ketones is 1. The summed E-state index contributed by atoms with van der Waals surface area (Å²) in [6, 6.07) is 11.9. The zero-order chi connectivity index (χ0) is 17.6. The Kier molecular flexibility index (Phi) is 3.77. The average Bonchev–Trinajstić information content (AvgIpc) is 3.02. The van der Waals surface area contributed by atoms with Crippen LogP contribution in [0.2, 0.25) is 0 Å². The van der Waals surface area contributed by atoms with Crippen molar-refractivity contribution in [1.82, 2.24) is 4.72 Å². The Hall–Kier alpha value is -2.38. The topological polar surface area (TPSA) is 75.7 Å². The van der Waals surface area contributed by atoms with Crippen molar-refractivity contribution in [2.24, 2.45) is 0 Å². The summed E-state index contributed by atoms with van der Waals surface area (Å²) in [4.78, 5) is 13.8. The molecule has 130 valence electrons. The second-order valence-electron chi connectivity index (χ2n) is 6.29. The molecule has 1 fully saturated rings. The zero-order valence-electron chi connectivity index (χ0n) is 13.7. The van der Waals surface area contributed by atoms with Crippen molar-refractivity contribution in [2.45, 2.75) is 30.8 Å². The highest BCUT2D eigenvalue weighted by molar-refractivity contribution is 7.89. The van der Waals surface area contributed by atoms with Crippen molar-refractivity contribution >= 4 is 21.5 Å². The summed E-state index contributed by atoms with van der Waals surface area (Å²) < 4.78 is 33.6. The van der Waals surface area contributed by atoms with Crippen LogP contribution >= 0.6 is 0 Å². The number of fused-ring (bicyclic) bond motifs is 3. The molecular formula is C18H18N2O4S. The summed E-state index contributed by atoms with van der Waals surface area (Å²) in [5.74, 6) is 0.859. The molecule has 1 N–H and O–H groups in total. The van der Waals surface area contributed by atoms with E-state index in [1.807, 2.05) is 0 Å². The largest absolute Gasteiger partial charge is 0.457 e. The minimum atomic E-state index is -3.56. The highest BCUT2D eigenvalue weighted by Gasteiger charge is 2.37. The van der Waals surface area contributed by atoms with Crippen LogP contribution in [0.25, 0.3) is 0 Å². The summed E-state index contributed by atoms with van der Waals surface area (Å²) in [6.45, 7) is 2.32. The first-order chi connectivity index (χ1) is 11.9. The maximum atomic E-state index is 12.5. The van der Waals surface area contributed by atoms with Gasteiger partial charge in [-0.1, -0.05) is 12.1 Å². The van der Waals surface area contributed by atoms with Crippen LogP contribution in [-0.2, 0) is 10.0 Å². The van der Waals surface area contributed by atoms with Gasteiger partial charge < -0.3 is 9.64 Å². The Morgan fingerprint density at radius 3 is 2.80 bits per heavy atom. The van der Waals surface area contributed by atoms with Gasteiger partial charge in [-0.05, 0) is 44.0 Å². The molecule has 0 spiro atoms. The molecule has 7 heteroatoms. The number of carbonyl (C=O) groups excluding carboxylic acids is 1. The third-order valence-electron chi connectivity index (χ3n) is 4.55. The minimum absolute atomic E-state index is 0.0530. The number of Topliss-reactive ketones (excluding diaryl/α,β-unsaturated/α-hetero) is 1. The number of hydrogen-bond acceptors (Lipinski definition) is 5. The quantitative estimate of drug-likeness (QED) is 0.854. The molecule has 2 aromatic rings. The van der Waals surface area contributed by atoms with E-state index in [1.165, 1.54) is 13.0 Å². The Bertz CT molecular complexity index is 955. The molecule has 2 aromatic carbocycles. The van der Waals surface area contributed by atoms with Gasteiger partial charge in [0, 0.05) is 18.2 Å². The van der Waals surface area contributed by atoms with Crippen LogP contribution in [-0.4, -0.2) is 26.9 Å². The van der Waals surface area contributed by atoms with Crippen molar-refractivity contribution in [3.05, 3.63) is 48.0 Å². The zero-order valence-corrected chi connectivity index (χ0v) is 14.5. The fourth-order valence-electron chi connectivity index (χ4n) is 3.35. The molecular weight excluding hydrogens is 340 g/mol. The van der Waals surface area contributed by atoms with Crippen LogP contribution in [0.15, 0.2) is 47.4 Å². The normalized spacial score (nSPS) is 20.7. The van der Waals surface area contributed by atoms with Gasteiger partial charge in [-0.2, -0.15) is 4.72 Å². The fraction of sp³-hybridized carbons (Fsp3) is 0.278. The highest BCUT2D eigenvalue weighted by atomic mass is 32.2. The van der Waals surface area contributed by atoms with E-state index in [1.54, 1.807) is 36.4 Å². The molecule has 25 heavy (non-hydrogen) atoms. The molecule has 2 aliphatic heterocycles. The second-order valence-corrected chi connectivity index (χ2v) is 7.97. The van der Waals surface area contributed by atoms with Gasteiger partial charge in [-0.15, -0.1) is 0 Å². The van der Waals surface area contributed by atoms with Crippen molar-refractivity contribution < 1.29 is 17.9 Å². The minimum Gasteiger partial charge on any atom is -0.457 e. The lowest BCUT2D eigenvalue weighted by Crippen LogP contribution is -2.48. The van der Waals surface area contributed by atoms with Crippen molar-refractivity contribution in [1.29, 1.82) is 0 Å². The van der Waals surface area contributed by atoms with E-state index in [2.05, 4.69) is 9.62 Å². The van der Waals surface area contributed by atoms with Crippen LogP contribution < -0.4 is 14.4 Å². The Balaban J connectivity index is 1.70. The van der Waals surface area contributed by atoms with Crippen LogP contribution in [0.1, 0.15) is 30.1 Å². The third-order valence-corrected chi connectivity index (χ3v) is 6.04. The molecule has 1 atom stereocenters. The summed E-state index contributed by atoms with van der Waals surface area (Å²) in [7, 11) is -3.56. The van der Waals surface area contributed by atoms with Gasteiger partial charge in [0.15, 0.2) is 5.78 Å². The fourth-order valence-corrected chi connectivity index (χ4v) is 4.81. The van der Waals surface area contributed by atoms with Gasteiger partial charge in [0.1, 0.15) is 16.4 Å². The van der Waals surface area contributed by atoms with Crippen molar-refractivity contribution in [2.75, 3.05) is 11.4 Å². The van der Waals surface area contributed by atoms with Crippen LogP contribution in [0, 0.1) is 0 Å². The maximum absolute atomic E-state index is 12.5. The van der Waals surface area contributed by atoms with E-state index in [9.17, 15) is 13.2 Å². The lowest BCUT2D eigenvalue weighted by molar-refractivity contribution is 0.101. The summed E-state index contributed by atoms with van der Waals surface area (Å²) in [6.07, 6.45) is 1.62. The van der Waals surface area contributed by atoms with E-state index >= 15 is 0 Å². The van der Waals surface area contributed by atoms with Gasteiger partial charge in [-0.3, -0.25) is 4.79 Å². The molecule has 2 aliphatic rings. The van der Waals surface area contributed by atoms with Crippen LogP contribution in [0.4, 0.5) is 5.69 Å². The number of carbonyl (C=O) groups is 1. The Morgan fingerprint density at radius 2 is 2.00 bits per heavy atom. The molecule has 0 saturated carbocycles. The van der Waals surface area contributed by atoms with Crippen LogP contribution in [0.3, 0.4) is 0 Å². The lowest BCUT2D eigenvalue weighted by Gasteiger charge is -2.33. The third kappa shape index (κ3) is 2.89. The van der Waals surface area contributed by atoms with E-state index < -0.39 is 10.0 Å². The molecule has 1 unspecified atom stereocenters. The lowest BCUT2D eigenvalue weighted by atomic mass is 10.1. The standard InChI is InChI=1S/C18H18N2O4S/c1-12(21)13-4-2-5-14(10-13)24-15-7-8-16-17(11-15)25(22,23)19-18-6-3-9-20(16)18/h2,4-5,7-8,10-11,18-19H,3,6,9H2,1H3. The van der Waals surface area contributed by atoms with E-state index in [4.69, 9.17) is 4.74 Å². The van der Waals surface area contributed by atoms with Gasteiger partial charge in [0.25, 0.3) is 0 Å². The number of hydrogen-bond donors (Lipinski definition) is 1. The molecule has 0 radical (unpaired) electrons.